The Morgan fingerprint density at radius 1 is 1.17 bits per heavy atom. The van der Waals surface area contributed by atoms with Crippen LogP contribution < -0.4 is 5.73 Å². The standard InChI is InChI=1S/C10H10N6OS/c1-6-2-14-10(15-3-6)18-8-5-12-7(4-13-8)9(11)16-17/h2-5,17H,1H3,(H2,11,16). The van der Waals surface area contributed by atoms with Crippen LogP contribution in [0.25, 0.3) is 0 Å². The molecule has 2 heterocycles. The first-order valence-electron chi connectivity index (χ1n) is 4.95. The molecule has 0 spiro atoms. The summed E-state index contributed by atoms with van der Waals surface area (Å²) in [5.41, 5.74) is 6.68. The van der Waals surface area contributed by atoms with Gasteiger partial charge in [-0.05, 0) is 24.2 Å². The zero-order valence-corrected chi connectivity index (χ0v) is 10.3. The summed E-state index contributed by atoms with van der Waals surface area (Å²) >= 11 is 1.29. The Morgan fingerprint density at radius 2 is 1.89 bits per heavy atom. The molecule has 0 bridgehead atoms. The van der Waals surface area contributed by atoms with Crippen LogP contribution >= 0.6 is 11.8 Å². The van der Waals surface area contributed by atoms with Crippen LogP contribution in [0, 0.1) is 6.92 Å². The fourth-order valence-electron chi connectivity index (χ4n) is 1.08. The molecule has 0 unspecified atom stereocenters. The van der Waals surface area contributed by atoms with Crippen LogP contribution in [0.2, 0.25) is 0 Å². The van der Waals surface area contributed by atoms with Gasteiger partial charge < -0.3 is 10.9 Å². The van der Waals surface area contributed by atoms with Crippen LogP contribution in [-0.4, -0.2) is 31.0 Å². The molecular weight excluding hydrogens is 252 g/mol. The first kappa shape index (κ1) is 12.2. The molecule has 2 aromatic heterocycles. The number of nitrogens with two attached hydrogens (primary N) is 1. The van der Waals surface area contributed by atoms with Crippen LogP contribution in [0.15, 0.2) is 40.1 Å². The van der Waals surface area contributed by atoms with Gasteiger partial charge in [-0.1, -0.05) is 5.16 Å². The highest BCUT2D eigenvalue weighted by atomic mass is 32.2. The number of aryl methyl sites for hydroxylation is 1. The van der Waals surface area contributed by atoms with Crippen molar-refractivity contribution in [2.24, 2.45) is 10.9 Å². The summed E-state index contributed by atoms with van der Waals surface area (Å²) < 4.78 is 0. The topological polar surface area (TPSA) is 110 Å². The van der Waals surface area contributed by atoms with Gasteiger partial charge in [-0.2, -0.15) is 0 Å². The smallest absolute Gasteiger partial charge is 0.193 e. The van der Waals surface area contributed by atoms with E-state index >= 15 is 0 Å². The quantitative estimate of drug-likeness (QED) is 0.277. The summed E-state index contributed by atoms with van der Waals surface area (Å²) in [6, 6.07) is 0. The second-order valence-corrected chi connectivity index (χ2v) is 4.36. The second-order valence-electron chi connectivity index (χ2n) is 3.37. The Hall–Kier alpha value is -2.22. The van der Waals surface area contributed by atoms with Gasteiger partial charge >= 0.3 is 0 Å². The van der Waals surface area contributed by atoms with Crippen molar-refractivity contribution in [1.29, 1.82) is 0 Å². The lowest BCUT2D eigenvalue weighted by Crippen LogP contribution is -2.15. The largest absolute Gasteiger partial charge is 0.409 e. The van der Waals surface area contributed by atoms with E-state index in [4.69, 9.17) is 10.9 Å². The first-order valence-corrected chi connectivity index (χ1v) is 5.77. The van der Waals surface area contributed by atoms with Crippen molar-refractivity contribution in [1.82, 2.24) is 19.9 Å². The van der Waals surface area contributed by atoms with Gasteiger partial charge in [0.05, 0.1) is 12.4 Å². The van der Waals surface area contributed by atoms with Crippen LogP contribution in [-0.2, 0) is 0 Å². The Morgan fingerprint density at radius 3 is 2.44 bits per heavy atom. The molecule has 2 rings (SSSR count). The molecule has 0 radical (unpaired) electrons. The minimum absolute atomic E-state index is 0.0781. The monoisotopic (exact) mass is 262 g/mol. The normalized spacial score (nSPS) is 11.5. The van der Waals surface area contributed by atoms with Gasteiger partial charge in [0.25, 0.3) is 0 Å². The fraction of sp³-hybridized carbons (Fsp3) is 0.100. The summed E-state index contributed by atoms with van der Waals surface area (Å²) in [6.07, 6.45) is 6.40. The van der Waals surface area contributed by atoms with E-state index in [9.17, 15) is 0 Å². The van der Waals surface area contributed by atoms with Gasteiger partial charge in [-0.15, -0.1) is 0 Å². The van der Waals surface area contributed by atoms with Gasteiger partial charge in [0.15, 0.2) is 11.0 Å². The van der Waals surface area contributed by atoms with Crippen molar-refractivity contribution in [2.75, 3.05) is 0 Å². The van der Waals surface area contributed by atoms with Gasteiger partial charge in [0.2, 0.25) is 0 Å². The molecule has 0 fully saturated rings. The fourth-order valence-corrected chi connectivity index (χ4v) is 1.69. The molecule has 8 heteroatoms. The van der Waals surface area contributed by atoms with Gasteiger partial charge in [0.1, 0.15) is 10.7 Å². The predicted molar refractivity (Wildman–Crippen MR) is 65.4 cm³/mol. The number of aromatic nitrogens is 4. The zero-order valence-electron chi connectivity index (χ0n) is 9.48. The maximum absolute atomic E-state index is 8.49. The van der Waals surface area contributed by atoms with Crippen molar-refractivity contribution in [2.45, 2.75) is 17.1 Å². The van der Waals surface area contributed by atoms with Gasteiger partial charge in [-0.25, -0.2) is 19.9 Å². The van der Waals surface area contributed by atoms with Crippen molar-refractivity contribution >= 4 is 17.6 Å². The number of oxime groups is 1. The molecule has 2 aromatic rings. The molecule has 3 N–H and O–H groups in total. The highest BCUT2D eigenvalue weighted by molar-refractivity contribution is 7.99. The van der Waals surface area contributed by atoms with E-state index in [2.05, 4.69) is 25.1 Å². The van der Waals surface area contributed by atoms with Crippen LogP contribution in [0.4, 0.5) is 0 Å². The highest BCUT2D eigenvalue weighted by Gasteiger charge is 2.05. The van der Waals surface area contributed by atoms with E-state index in [-0.39, 0.29) is 5.84 Å². The van der Waals surface area contributed by atoms with E-state index in [0.29, 0.717) is 15.9 Å². The van der Waals surface area contributed by atoms with Crippen molar-refractivity contribution < 1.29 is 5.21 Å². The van der Waals surface area contributed by atoms with Crippen molar-refractivity contribution in [3.8, 4) is 0 Å². The average Bonchev–Trinajstić information content (AvgIpc) is 2.41. The van der Waals surface area contributed by atoms with Gasteiger partial charge in [0, 0.05) is 12.4 Å². The number of hydrogen-bond donors (Lipinski definition) is 2. The molecule has 92 valence electrons. The second kappa shape index (κ2) is 5.41. The molecule has 18 heavy (non-hydrogen) atoms. The van der Waals surface area contributed by atoms with E-state index in [1.165, 1.54) is 24.2 Å². The summed E-state index contributed by atoms with van der Waals surface area (Å²) in [6.45, 7) is 1.92. The Balaban J connectivity index is 2.13. The Kier molecular flexibility index (Phi) is 3.68. The summed E-state index contributed by atoms with van der Waals surface area (Å²) in [7, 11) is 0. The van der Waals surface area contributed by atoms with Crippen LogP contribution in [0.5, 0.6) is 0 Å². The van der Waals surface area contributed by atoms with E-state index in [1.54, 1.807) is 12.4 Å². The molecule has 0 aliphatic carbocycles. The average molecular weight is 262 g/mol. The zero-order chi connectivity index (χ0) is 13.0. The van der Waals surface area contributed by atoms with Crippen molar-refractivity contribution in [3.05, 3.63) is 36.0 Å². The summed E-state index contributed by atoms with van der Waals surface area (Å²) in [5.74, 6) is -0.0781. The number of nitrogens with zero attached hydrogens (tertiary/aromatic N) is 5. The minimum Gasteiger partial charge on any atom is -0.409 e. The number of amidine groups is 1. The molecule has 0 amide bonds. The van der Waals surface area contributed by atoms with Crippen LogP contribution in [0.3, 0.4) is 0 Å². The third-order valence-corrected chi connectivity index (χ3v) is 2.76. The first-order chi connectivity index (χ1) is 8.69. The number of rotatable bonds is 3. The Bertz CT molecular complexity index is 554. The molecule has 0 aliphatic heterocycles. The number of hydrogen-bond acceptors (Lipinski definition) is 7. The molecule has 0 saturated carbocycles. The maximum Gasteiger partial charge on any atom is 0.193 e. The van der Waals surface area contributed by atoms with E-state index in [0.717, 1.165) is 5.56 Å². The predicted octanol–water partition coefficient (Wildman–Crippen LogP) is 0.821. The third kappa shape index (κ3) is 2.92. The van der Waals surface area contributed by atoms with Crippen LogP contribution in [0.1, 0.15) is 11.3 Å². The lowest BCUT2D eigenvalue weighted by Gasteiger charge is -2.00. The lowest BCUT2D eigenvalue weighted by molar-refractivity contribution is 0.318. The van der Waals surface area contributed by atoms with E-state index in [1.807, 2.05) is 6.92 Å². The van der Waals surface area contributed by atoms with Gasteiger partial charge in [-0.3, -0.25) is 0 Å². The summed E-state index contributed by atoms with van der Waals surface area (Å²) in [4.78, 5) is 16.4. The lowest BCUT2D eigenvalue weighted by atomic mass is 10.4. The maximum atomic E-state index is 8.49. The molecular formula is C10H10N6OS. The minimum atomic E-state index is -0.0781. The van der Waals surface area contributed by atoms with E-state index < -0.39 is 0 Å². The molecule has 7 nitrogen and oxygen atoms in total. The molecule has 0 aliphatic rings. The highest BCUT2D eigenvalue weighted by Crippen LogP contribution is 2.20. The molecule has 0 aromatic carbocycles. The summed E-state index contributed by atoms with van der Waals surface area (Å²) in [5, 5.41) is 12.6. The third-order valence-electron chi connectivity index (χ3n) is 1.95. The SMILES string of the molecule is Cc1cnc(Sc2cnc(C(N)=NO)cn2)nc1. The molecule has 0 saturated heterocycles. The Labute approximate surface area is 107 Å². The molecule has 0 atom stereocenters. The van der Waals surface area contributed by atoms with Crippen molar-refractivity contribution in [3.63, 3.8) is 0 Å².